The lowest BCUT2D eigenvalue weighted by atomic mass is 10.1. The highest BCUT2D eigenvalue weighted by Gasteiger charge is 2.03. The summed E-state index contributed by atoms with van der Waals surface area (Å²) in [7, 11) is 0. The van der Waals surface area contributed by atoms with Crippen LogP contribution in [0, 0.1) is 0 Å². The molecule has 0 saturated heterocycles. The second-order valence-corrected chi connectivity index (χ2v) is 4.51. The average Bonchev–Trinajstić information content (AvgIpc) is 2.89. The quantitative estimate of drug-likeness (QED) is 0.732. The molecule has 1 N–H and O–H groups in total. The molecule has 0 aliphatic carbocycles. The topological polar surface area (TPSA) is 42.2 Å². The molecule has 2 aromatic carbocycles. The van der Waals surface area contributed by atoms with Crippen molar-refractivity contribution in [1.82, 2.24) is 4.57 Å². The van der Waals surface area contributed by atoms with Crippen molar-refractivity contribution in [2.24, 2.45) is 0 Å². The third-order valence-electron chi connectivity index (χ3n) is 3.17. The van der Waals surface area contributed by atoms with Gasteiger partial charge in [-0.05, 0) is 42.0 Å². The number of hydrogen-bond donors (Lipinski definition) is 1. The first-order valence-corrected chi connectivity index (χ1v) is 6.31. The molecule has 0 spiro atoms. The van der Waals surface area contributed by atoms with E-state index < -0.39 is 5.97 Å². The van der Waals surface area contributed by atoms with Gasteiger partial charge >= 0.3 is 5.97 Å². The smallest absolute Gasteiger partial charge is 0.328 e. The number of rotatable bonds is 3. The van der Waals surface area contributed by atoms with Gasteiger partial charge in [0.1, 0.15) is 0 Å². The van der Waals surface area contributed by atoms with Crippen molar-refractivity contribution >= 4 is 22.9 Å². The van der Waals surface area contributed by atoms with Crippen molar-refractivity contribution < 1.29 is 9.90 Å². The van der Waals surface area contributed by atoms with Crippen LogP contribution in [0.5, 0.6) is 0 Å². The van der Waals surface area contributed by atoms with Gasteiger partial charge in [-0.15, -0.1) is 0 Å². The molecule has 3 heteroatoms. The van der Waals surface area contributed by atoms with Crippen LogP contribution in [0.1, 0.15) is 5.56 Å². The van der Waals surface area contributed by atoms with Crippen molar-refractivity contribution in [2.75, 3.05) is 0 Å². The van der Waals surface area contributed by atoms with Crippen LogP contribution in [0.15, 0.2) is 66.9 Å². The first-order chi connectivity index (χ1) is 9.74. The summed E-state index contributed by atoms with van der Waals surface area (Å²) in [5.41, 5.74) is 3.09. The molecule has 0 radical (unpaired) electrons. The Kier molecular flexibility index (Phi) is 3.09. The van der Waals surface area contributed by atoms with E-state index in [-0.39, 0.29) is 0 Å². The second kappa shape index (κ2) is 5.05. The van der Waals surface area contributed by atoms with Crippen LogP contribution in [-0.4, -0.2) is 15.6 Å². The molecule has 0 aliphatic rings. The number of para-hydroxylation sites is 1. The van der Waals surface area contributed by atoms with E-state index in [4.69, 9.17) is 5.11 Å². The summed E-state index contributed by atoms with van der Waals surface area (Å²) in [6, 6.07) is 18.0. The van der Waals surface area contributed by atoms with E-state index in [9.17, 15) is 4.79 Å². The zero-order valence-electron chi connectivity index (χ0n) is 10.7. The van der Waals surface area contributed by atoms with Gasteiger partial charge in [0.05, 0.1) is 5.52 Å². The molecule has 0 fully saturated rings. The number of nitrogens with zero attached hydrogens (tertiary/aromatic N) is 1. The van der Waals surface area contributed by atoms with Crippen LogP contribution in [-0.2, 0) is 4.79 Å². The summed E-state index contributed by atoms with van der Waals surface area (Å²) < 4.78 is 2.11. The highest BCUT2D eigenvalue weighted by atomic mass is 16.4. The van der Waals surface area contributed by atoms with Crippen molar-refractivity contribution in [3.63, 3.8) is 0 Å². The lowest BCUT2D eigenvalue weighted by Crippen LogP contribution is -1.90. The summed E-state index contributed by atoms with van der Waals surface area (Å²) in [6.45, 7) is 0. The molecule has 3 rings (SSSR count). The van der Waals surface area contributed by atoms with Crippen LogP contribution in [0.4, 0.5) is 0 Å². The molecule has 0 atom stereocenters. The van der Waals surface area contributed by atoms with Crippen molar-refractivity contribution in [2.45, 2.75) is 0 Å². The third kappa shape index (κ3) is 2.34. The Labute approximate surface area is 116 Å². The lowest BCUT2D eigenvalue weighted by Gasteiger charge is -2.05. The fourth-order valence-corrected chi connectivity index (χ4v) is 2.25. The van der Waals surface area contributed by atoms with E-state index in [2.05, 4.69) is 16.7 Å². The molecular weight excluding hydrogens is 250 g/mol. The Morgan fingerprint density at radius 1 is 1.05 bits per heavy atom. The van der Waals surface area contributed by atoms with E-state index in [0.29, 0.717) is 0 Å². The summed E-state index contributed by atoms with van der Waals surface area (Å²) in [5, 5.41) is 9.73. The standard InChI is InChI=1S/C17H13NO2/c19-17(20)9-7-13-6-8-16-14(12-13)10-11-18(16)15-4-2-1-3-5-15/h1-12H,(H,19,20). The Bertz CT molecular complexity index is 785. The summed E-state index contributed by atoms with van der Waals surface area (Å²) in [6.07, 6.45) is 4.77. The average molecular weight is 263 g/mol. The third-order valence-corrected chi connectivity index (χ3v) is 3.17. The molecule has 0 aliphatic heterocycles. The van der Waals surface area contributed by atoms with Crippen LogP contribution in [0.2, 0.25) is 0 Å². The number of aromatic nitrogens is 1. The lowest BCUT2D eigenvalue weighted by molar-refractivity contribution is -0.131. The highest BCUT2D eigenvalue weighted by Crippen LogP contribution is 2.22. The molecular formula is C17H13NO2. The predicted octanol–water partition coefficient (Wildman–Crippen LogP) is 3.73. The Morgan fingerprint density at radius 2 is 1.85 bits per heavy atom. The number of carboxylic acid groups (broad SMARTS) is 1. The molecule has 1 heterocycles. The van der Waals surface area contributed by atoms with Crippen molar-refractivity contribution in [3.8, 4) is 5.69 Å². The zero-order valence-corrected chi connectivity index (χ0v) is 10.7. The molecule has 0 unspecified atom stereocenters. The van der Waals surface area contributed by atoms with Gasteiger partial charge in [-0.25, -0.2) is 4.79 Å². The van der Waals surface area contributed by atoms with E-state index in [1.807, 2.05) is 48.7 Å². The number of benzene rings is 2. The zero-order chi connectivity index (χ0) is 13.9. The van der Waals surface area contributed by atoms with Gasteiger partial charge in [-0.3, -0.25) is 0 Å². The Balaban J connectivity index is 2.05. The molecule has 0 bridgehead atoms. The monoisotopic (exact) mass is 263 g/mol. The molecule has 20 heavy (non-hydrogen) atoms. The van der Waals surface area contributed by atoms with Gasteiger partial charge in [0.25, 0.3) is 0 Å². The normalized spacial score (nSPS) is 11.2. The predicted molar refractivity (Wildman–Crippen MR) is 79.9 cm³/mol. The van der Waals surface area contributed by atoms with E-state index in [0.717, 1.165) is 28.2 Å². The minimum absolute atomic E-state index is 0.880. The van der Waals surface area contributed by atoms with E-state index >= 15 is 0 Å². The maximum Gasteiger partial charge on any atom is 0.328 e. The Morgan fingerprint density at radius 3 is 2.60 bits per heavy atom. The van der Waals surface area contributed by atoms with Gasteiger partial charge < -0.3 is 9.67 Å². The van der Waals surface area contributed by atoms with E-state index in [1.165, 1.54) is 0 Å². The van der Waals surface area contributed by atoms with Crippen molar-refractivity contribution in [1.29, 1.82) is 0 Å². The maximum absolute atomic E-state index is 10.5. The van der Waals surface area contributed by atoms with Crippen LogP contribution in [0.3, 0.4) is 0 Å². The fraction of sp³-hybridized carbons (Fsp3) is 0. The van der Waals surface area contributed by atoms with E-state index in [1.54, 1.807) is 6.08 Å². The molecule has 98 valence electrons. The highest BCUT2D eigenvalue weighted by molar-refractivity contribution is 5.88. The number of carboxylic acids is 1. The van der Waals surface area contributed by atoms with Gasteiger partial charge in [-0.2, -0.15) is 0 Å². The van der Waals surface area contributed by atoms with Crippen LogP contribution < -0.4 is 0 Å². The molecule has 0 amide bonds. The Hall–Kier alpha value is -2.81. The van der Waals surface area contributed by atoms with Gasteiger partial charge in [0.15, 0.2) is 0 Å². The first kappa shape index (κ1) is 12.2. The van der Waals surface area contributed by atoms with Gasteiger partial charge in [-0.1, -0.05) is 24.3 Å². The summed E-state index contributed by atoms with van der Waals surface area (Å²) in [5.74, 6) is -0.938. The van der Waals surface area contributed by atoms with Gasteiger partial charge in [0, 0.05) is 23.3 Å². The number of fused-ring (bicyclic) bond motifs is 1. The SMILES string of the molecule is O=C(O)C=Cc1ccc2c(ccn2-c2ccccc2)c1. The summed E-state index contributed by atoms with van der Waals surface area (Å²) >= 11 is 0. The fourth-order valence-electron chi connectivity index (χ4n) is 2.25. The number of carbonyl (C=O) groups is 1. The molecule has 0 saturated carbocycles. The van der Waals surface area contributed by atoms with Crippen molar-refractivity contribution in [3.05, 3.63) is 72.4 Å². The van der Waals surface area contributed by atoms with Gasteiger partial charge in [0.2, 0.25) is 0 Å². The largest absolute Gasteiger partial charge is 0.478 e. The minimum atomic E-state index is -0.938. The number of aliphatic carboxylic acids is 1. The molecule has 3 aromatic rings. The second-order valence-electron chi connectivity index (χ2n) is 4.51. The summed E-state index contributed by atoms with van der Waals surface area (Å²) in [4.78, 5) is 10.5. The minimum Gasteiger partial charge on any atom is -0.478 e. The van der Waals surface area contributed by atoms with Crippen LogP contribution >= 0.6 is 0 Å². The molecule has 1 aromatic heterocycles. The maximum atomic E-state index is 10.5. The number of hydrogen-bond acceptors (Lipinski definition) is 1. The molecule has 3 nitrogen and oxygen atoms in total. The van der Waals surface area contributed by atoms with Crippen LogP contribution in [0.25, 0.3) is 22.7 Å². The first-order valence-electron chi connectivity index (χ1n) is 6.31.